The fraction of sp³-hybridized carbons (Fsp3) is 0.278. The van der Waals surface area contributed by atoms with Gasteiger partial charge < -0.3 is 10.0 Å². The van der Waals surface area contributed by atoms with Gasteiger partial charge >= 0.3 is 6.09 Å². The van der Waals surface area contributed by atoms with Crippen LogP contribution in [-0.2, 0) is 16.6 Å². The predicted octanol–water partition coefficient (Wildman–Crippen LogP) is 4.92. The maximum Gasteiger partial charge on any atom is 0.407 e. The highest BCUT2D eigenvalue weighted by atomic mass is 79.9. The molecule has 0 aromatic heterocycles. The molecule has 0 aliphatic carbocycles. The van der Waals surface area contributed by atoms with E-state index in [1.807, 2.05) is 24.3 Å². The number of likely N-dealkylation sites (tertiary alicyclic amines) is 1. The van der Waals surface area contributed by atoms with Crippen molar-refractivity contribution in [3.63, 3.8) is 0 Å². The third-order valence-electron chi connectivity index (χ3n) is 4.57. The summed E-state index contributed by atoms with van der Waals surface area (Å²) < 4.78 is 30.5. The molecule has 2 aromatic rings. The smallest absolute Gasteiger partial charge is 0.407 e. The molecule has 1 saturated heterocycles. The van der Waals surface area contributed by atoms with Gasteiger partial charge in [-0.05, 0) is 58.2 Å². The number of carbonyl (C=O) groups is 1. The van der Waals surface area contributed by atoms with Crippen LogP contribution in [0.5, 0.6) is 0 Å². The fourth-order valence-corrected chi connectivity index (χ4v) is 6.50. The van der Waals surface area contributed by atoms with Gasteiger partial charge in [-0.25, -0.2) is 13.2 Å². The quantitative estimate of drug-likeness (QED) is 0.532. The first-order valence-corrected chi connectivity index (χ1v) is 12.2. The third-order valence-corrected chi connectivity index (χ3v) is 8.49. The third kappa shape index (κ3) is 4.79. The van der Waals surface area contributed by atoms with Crippen molar-refractivity contribution in [3.05, 3.63) is 61.4 Å². The van der Waals surface area contributed by atoms with Crippen molar-refractivity contribution in [2.45, 2.75) is 23.9 Å². The Hall–Kier alpha value is -0.940. The Kier molecular flexibility index (Phi) is 6.86. The molecule has 28 heavy (non-hydrogen) atoms. The monoisotopic (exact) mass is 594 g/mol. The largest absolute Gasteiger partial charge is 0.465 e. The summed E-state index contributed by atoms with van der Waals surface area (Å²) in [6, 6.07) is 12.0. The van der Waals surface area contributed by atoms with E-state index in [0.717, 1.165) is 10.0 Å². The Morgan fingerprint density at radius 3 is 2.36 bits per heavy atom. The summed E-state index contributed by atoms with van der Waals surface area (Å²) in [5.41, 5.74) is 0.826. The van der Waals surface area contributed by atoms with E-state index in [1.165, 1.54) is 9.21 Å². The first-order valence-electron chi connectivity index (χ1n) is 8.37. The molecule has 1 atom stereocenters. The van der Waals surface area contributed by atoms with E-state index in [4.69, 9.17) is 0 Å². The number of sulfonamides is 1. The molecular formula is C18H17Br3N2O4S. The Bertz CT molecular complexity index is 983. The first kappa shape index (κ1) is 21.8. The summed E-state index contributed by atoms with van der Waals surface area (Å²) in [6.07, 6.45) is -0.583. The van der Waals surface area contributed by atoms with E-state index in [1.54, 1.807) is 18.2 Å². The summed E-state index contributed by atoms with van der Waals surface area (Å²) in [5, 5.41) is 9.27. The zero-order valence-corrected chi connectivity index (χ0v) is 20.1. The van der Waals surface area contributed by atoms with Crippen molar-refractivity contribution in [2.75, 3.05) is 13.1 Å². The highest BCUT2D eigenvalue weighted by Crippen LogP contribution is 2.32. The first-order chi connectivity index (χ1) is 13.2. The van der Waals surface area contributed by atoms with Gasteiger partial charge in [-0.1, -0.05) is 44.0 Å². The van der Waals surface area contributed by atoms with Gasteiger partial charge in [0.15, 0.2) is 0 Å². The predicted molar refractivity (Wildman–Crippen MR) is 117 cm³/mol. The van der Waals surface area contributed by atoms with Gasteiger partial charge in [0, 0.05) is 39.1 Å². The number of amides is 1. The number of hydrogen-bond acceptors (Lipinski definition) is 3. The normalized spacial score (nSPS) is 17.3. The average Bonchev–Trinajstić information content (AvgIpc) is 3.13. The highest BCUT2D eigenvalue weighted by Gasteiger charge is 2.38. The SMILES string of the molecule is O=C(O)N1CC[C@@H](N(Cc2ccc(Br)cc2)S(=O)(=O)c2cc(Br)ccc2Br)C1. The van der Waals surface area contributed by atoms with Crippen molar-refractivity contribution in [1.82, 2.24) is 9.21 Å². The summed E-state index contributed by atoms with van der Waals surface area (Å²) in [6.45, 7) is 0.620. The Morgan fingerprint density at radius 2 is 1.75 bits per heavy atom. The second kappa shape index (κ2) is 8.83. The van der Waals surface area contributed by atoms with Gasteiger partial charge in [-0.15, -0.1) is 0 Å². The average molecular weight is 597 g/mol. The van der Waals surface area contributed by atoms with E-state index in [9.17, 15) is 18.3 Å². The molecule has 0 bridgehead atoms. The van der Waals surface area contributed by atoms with Gasteiger partial charge in [-0.2, -0.15) is 4.31 Å². The summed E-state index contributed by atoms with van der Waals surface area (Å²) >= 11 is 10.0. The van der Waals surface area contributed by atoms with Crippen LogP contribution in [-0.4, -0.2) is 48.0 Å². The number of halogens is 3. The molecule has 6 nitrogen and oxygen atoms in total. The number of carboxylic acid groups (broad SMARTS) is 1. The van der Waals surface area contributed by atoms with Crippen molar-refractivity contribution >= 4 is 63.9 Å². The molecule has 1 amide bonds. The van der Waals surface area contributed by atoms with Gasteiger partial charge in [0.2, 0.25) is 10.0 Å². The summed E-state index contributed by atoms with van der Waals surface area (Å²) in [5.74, 6) is 0. The lowest BCUT2D eigenvalue weighted by Gasteiger charge is -2.28. The molecule has 1 aliphatic heterocycles. The standard InChI is InChI=1S/C18H17Br3N2O4S/c19-13-3-1-12(2-4-13)10-23(15-7-8-22(11-15)18(24)25)28(26,27)17-9-14(20)5-6-16(17)21/h1-6,9,15H,7-8,10-11H2,(H,24,25)/t15-/m1/s1. The second-order valence-electron chi connectivity index (χ2n) is 6.42. The van der Waals surface area contributed by atoms with E-state index in [2.05, 4.69) is 47.8 Å². The van der Waals surface area contributed by atoms with Crippen molar-refractivity contribution in [2.24, 2.45) is 0 Å². The Morgan fingerprint density at radius 1 is 1.11 bits per heavy atom. The molecule has 1 fully saturated rings. The fourth-order valence-electron chi connectivity index (χ4n) is 3.13. The molecule has 1 N–H and O–H groups in total. The van der Waals surface area contributed by atoms with E-state index in [-0.39, 0.29) is 18.0 Å². The van der Waals surface area contributed by atoms with Gasteiger partial charge in [0.05, 0.1) is 4.90 Å². The van der Waals surface area contributed by atoms with Crippen LogP contribution in [0.3, 0.4) is 0 Å². The van der Waals surface area contributed by atoms with Crippen LogP contribution in [0.2, 0.25) is 0 Å². The molecule has 1 heterocycles. The zero-order chi connectivity index (χ0) is 20.5. The molecule has 1 aliphatic rings. The molecule has 0 unspecified atom stereocenters. The van der Waals surface area contributed by atoms with Gasteiger partial charge in [-0.3, -0.25) is 0 Å². The topological polar surface area (TPSA) is 77.9 Å². The maximum atomic E-state index is 13.5. The molecule has 0 spiro atoms. The molecule has 0 saturated carbocycles. The Labute approximate surface area is 189 Å². The lowest BCUT2D eigenvalue weighted by atomic mass is 10.2. The number of rotatable bonds is 5. The minimum atomic E-state index is -3.87. The molecule has 0 radical (unpaired) electrons. The molecule has 2 aromatic carbocycles. The Balaban J connectivity index is 2.01. The second-order valence-corrected chi connectivity index (χ2v) is 11.0. The van der Waals surface area contributed by atoms with Crippen LogP contribution < -0.4 is 0 Å². The van der Waals surface area contributed by atoms with Crippen LogP contribution in [0.1, 0.15) is 12.0 Å². The summed E-state index contributed by atoms with van der Waals surface area (Å²) in [7, 11) is -3.87. The van der Waals surface area contributed by atoms with Crippen LogP contribution in [0.15, 0.2) is 60.8 Å². The number of nitrogens with zero attached hydrogens (tertiary/aromatic N) is 2. The van der Waals surface area contributed by atoms with E-state index < -0.39 is 22.2 Å². The van der Waals surface area contributed by atoms with Crippen LogP contribution >= 0.6 is 47.8 Å². The van der Waals surface area contributed by atoms with Crippen molar-refractivity contribution < 1.29 is 18.3 Å². The molecule has 10 heteroatoms. The van der Waals surface area contributed by atoms with Crippen molar-refractivity contribution in [3.8, 4) is 0 Å². The van der Waals surface area contributed by atoms with Crippen LogP contribution in [0.25, 0.3) is 0 Å². The molecule has 3 rings (SSSR count). The minimum Gasteiger partial charge on any atom is -0.465 e. The van der Waals surface area contributed by atoms with Gasteiger partial charge in [0.1, 0.15) is 0 Å². The molecule has 150 valence electrons. The van der Waals surface area contributed by atoms with Crippen LogP contribution in [0.4, 0.5) is 4.79 Å². The zero-order valence-electron chi connectivity index (χ0n) is 14.6. The molecular weight excluding hydrogens is 580 g/mol. The van der Waals surface area contributed by atoms with Gasteiger partial charge in [0.25, 0.3) is 0 Å². The van der Waals surface area contributed by atoms with Crippen LogP contribution in [0, 0.1) is 0 Å². The number of hydrogen-bond donors (Lipinski definition) is 1. The summed E-state index contributed by atoms with van der Waals surface area (Å²) in [4.78, 5) is 12.7. The van der Waals surface area contributed by atoms with Crippen molar-refractivity contribution in [1.29, 1.82) is 0 Å². The lowest BCUT2D eigenvalue weighted by Crippen LogP contribution is -2.42. The number of benzene rings is 2. The lowest BCUT2D eigenvalue weighted by molar-refractivity contribution is 0.152. The van der Waals surface area contributed by atoms with E-state index >= 15 is 0 Å². The minimum absolute atomic E-state index is 0.146. The maximum absolute atomic E-state index is 13.5. The van der Waals surface area contributed by atoms with E-state index in [0.29, 0.717) is 21.9 Å². The highest BCUT2D eigenvalue weighted by molar-refractivity contribution is 9.11.